The van der Waals surface area contributed by atoms with Gasteiger partial charge in [-0.1, -0.05) is 35.4 Å². The quantitative estimate of drug-likeness (QED) is 0.427. The summed E-state index contributed by atoms with van der Waals surface area (Å²) < 4.78 is 20.6. The standard InChI is InChI=1S/C19H27N5O3S/c1-19(2,3)28(26)22-16(9-21-23-20)17-14-10-24(11-15(14)17)18(25)27-12-13-7-5-4-6-8-13/h4-8,14-17,22H,9-12H2,1-3H3/t14?,15?,16-,17?,28?/m0/s1. The molecule has 0 aromatic heterocycles. The number of hydrogen-bond donors (Lipinski definition) is 1. The monoisotopic (exact) mass is 405 g/mol. The van der Waals surface area contributed by atoms with E-state index in [9.17, 15) is 9.00 Å². The molecule has 1 heterocycles. The molecule has 1 saturated carbocycles. The smallest absolute Gasteiger partial charge is 0.410 e. The van der Waals surface area contributed by atoms with Gasteiger partial charge in [0, 0.05) is 30.6 Å². The highest BCUT2D eigenvalue weighted by Crippen LogP contribution is 2.53. The third-order valence-corrected chi connectivity index (χ3v) is 6.97. The van der Waals surface area contributed by atoms with Gasteiger partial charge in [0.15, 0.2) is 0 Å². The molecule has 0 spiro atoms. The van der Waals surface area contributed by atoms with Crippen molar-refractivity contribution < 1.29 is 13.7 Å². The van der Waals surface area contributed by atoms with E-state index in [1.165, 1.54) is 0 Å². The normalized spacial score (nSPS) is 25.4. The summed E-state index contributed by atoms with van der Waals surface area (Å²) in [4.78, 5) is 16.9. The van der Waals surface area contributed by atoms with Crippen molar-refractivity contribution in [1.82, 2.24) is 9.62 Å². The van der Waals surface area contributed by atoms with Gasteiger partial charge in [-0.15, -0.1) is 0 Å². The molecule has 1 amide bonds. The van der Waals surface area contributed by atoms with Crippen LogP contribution in [0.3, 0.4) is 0 Å². The number of amides is 1. The Labute approximate surface area is 167 Å². The number of hydrogen-bond acceptors (Lipinski definition) is 4. The number of ether oxygens (including phenoxy) is 1. The van der Waals surface area contributed by atoms with Gasteiger partial charge in [0.1, 0.15) is 6.61 Å². The largest absolute Gasteiger partial charge is 0.445 e. The molecular formula is C19H27N5O3S. The molecule has 1 aromatic rings. The van der Waals surface area contributed by atoms with Gasteiger partial charge >= 0.3 is 6.09 Å². The van der Waals surface area contributed by atoms with E-state index in [0.29, 0.717) is 24.9 Å². The Morgan fingerprint density at radius 2 is 2.00 bits per heavy atom. The molecule has 1 aliphatic carbocycles. The highest BCUT2D eigenvalue weighted by molar-refractivity contribution is 7.84. The summed E-state index contributed by atoms with van der Waals surface area (Å²) in [5, 5.41) is 3.69. The summed E-state index contributed by atoms with van der Waals surface area (Å²) in [5.41, 5.74) is 9.63. The number of nitrogens with one attached hydrogen (secondary N) is 1. The molecule has 3 rings (SSSR count). The van der Waals surface area contributed by atoms with Crippen LogP contribution in [0.4, 0.5) is 4.79 Å². The number of fused-ring (bicyclic) bond motifs is 1. The van der Waals surface area contributed by atoms with Crippen molar-refractivity contribution in [1.29, 1.82) is 0 Å². The minimum Gasteiger partial charge on any atom is -0.445 e. The van der Waals surface area contributed by atoms with E-state index < -0.39 is 15.7 Å². The zero-order chi connectivity index (χ0) is 20.3. The summed E-state index contributed by atoms with van der Waals surface area (Å²) in [5.74, 6) is 0.912. The van der Waals surface area contributed by atoms with E-state index in [-0.39, 0.29) is 31.2 Å². The minimum atomic E-state index is -1.24. The zero-order valence-corrected chi connectivity index (χ0v) is 17.3. The molecule has 2 fully saturated rings. The molecule has 1 aliphatic heterocycles. The number of rotatable bonds is 7. The number of azide groups is 1. The lowest BCUT2D eigenvalue weighted by Gasteiger charge is -2.26. The number of carbonyl (C=O) groups is 1. The van der Waals surface area contributed by atoms with Crippen molar-refractivity contribution in [3.63, 3.8) is 0 Å². The minimum absolute atomic E-state index is 0.145. The van der Waals surface area contributed by atoms with Crippen LogP contribution in [0.5, 0.6) is 0 Å². The van der Waals surface area contributed by atoms with Crippen LogP contribution in [0.15, 0.2) is 35.4 Å². The fourth-order valence-electron chi connectivity index (χ4n) is 3.81. The predicted octanol–water partition coefficient (Wildman–Crippen LogP) is 3.23. The number of piperidine rings is 1. The highest BCUT2D eigenvalue weighted by atomic mass is 32.2. The molecule has 8 nitrogen and oxygen atoms in total. The van der Waals surface area contributed by atoms with Crippen LogP contribution in [0.25, 0.3) is 10.4 Å². The van der Waals surface area contributed by atoms with Crippen LogP contribution < -0.4 is 4.72 Å². The van der Waals surface area contributed by atoms with E-state index in [1.54, 1.807) is 4.90 Å². The molecular weight excluding hydrogens is 378 g/mol. The molecule has 0 bridgehead atoms. The Morgan fingerprint density at radius 3 is 2.57 bits per heavy atom. The van der Waals surface area contributed by atoms with Gasteiger partial charge < -0.3 is 9.64 Å². The summed E-state index contributed by atoms with van der Waals surface area (Å²) in [7, 11) is -1.24. The maximum Gasteiger partial charge on any atom is 0.410 e. The number of nitrogens with zero attached hydrogens (tertiary/aromatic N) is 4. The number of benzene rings is 1. The maximum absolute atomic E-state index is 12.5. The lowest BCUT2D eigenvalue weighted by atomic mass is 10.1. The average molecular weight is 406 g/mol. The Hall–Kier alpha value is -2.09. The molecule has 3 unspecified atom stereocenters. The summed E-state index contributed by atoms with van der Waals surface area (Å²) in [6, 6.07) is 9.45. The van der Waals surface area contributed by atoms with Crippen molar-refractivity contribution in [2.75, 3.05) is 19.6 Å². The number of likely N-dealkylation sites (tertiary alicyclic amines) is 1. The fraction of sp³-hybridized carbons (Fsp3) is 0.632. The van der Waals surface area contributed by atoms with Gasteiger partial charge in [0.05, 0.1) is 15.7 Å². The lowest BCUT2D eigenvalue weighted by Crippen LogP contribution is -2.44. The van der Waals surface area contributed by atoms with Gasteiger partial charge in [-0.25, -0.2) is 13.7 Å². The third kappa shape index (κ3) is 4.84. The molecule has 1 saturated heterocycles. The lowest BCUT2D eigenvalue weighted by molar-refractivity contribution is 0.0980. The zero-order valence-electron chi connectivity index (χ0n) is 16.4. The molecule has 1 N–H and O–H groups in total. The first kappa shape index (κ1) is 20.6. The molecule has 9 heteroatoms. The van der Waals surface area contributed by atoms with Crippen LogP contribution >= 0.6 is 0 Å². The van der Waals surface area contributed by atoms with Crippen LogP contribution in [0.1, 0.15) is 26.3 Å². The third-order valence-electron chi connectivity index (χ3n) is 5.34. The van der Waals surface area contributed by atoms with Crippen molar-refractivity contribution in [3.8, 4) is 0 Å². The molecule has 4 atom stereocenters. The van der Waals surface area contributed by atoms with Crippen LogP contribution in [0.2, 0.25) is 0 Å². The first-order valence-corrected chi connectivity index (χ1v) is 10.6. The van der Waals surface area contributed by atoms with E-state index in [0.717, 1.165) is 5.56 Å². The second-order valence-electron chi connectivity index (χ2n) is 8.37. The second kappa shape index (κ2) is 8.51. The maximum atomic E-state index is 12.5. The van der Waals surface area contributed by atoms with Crippen molar-refractivity contribution in [2.24, 2.45) is 22.9 Å². The van der Waals surface area contributed by atoms with E-state index in [2.05, 4.69) is 14.7 Å². The van der Waals surface area contributed by atoms with Crippen molar-refractivity contribution >= 4 is 17.1 Å². The topological polar surface area (TPSA) is 107 Å². The van der Waals surface area contributed by atoms with E-state index in [1.807, 2.05) is 51.1 Å². The Bertz CT molecular complexity index is 764. The van der Waals surface area contributed by atoms with E-state index >= 15 is 0 Å². The van der Waals surface area contributed by atoms with Crippen LogP contribution in [0, 0.1) is 17.8 Å². The molecule has 0 radical (unpaired) electrons. The van der Waals surface area contributed by atoms with Gasteiger partial charge in [0.25, 0.3) is 0 Å². The first-order valence-electron chi connectivity index (χ1n) is 9.46. The second-order valence-corrected chi connectivity index (χ2v) is 10.4. The summed E-state index contributed by atoms with van der Waals surface area (Å²) in [6.07, 6.45) is -0.298. The molecule has 28 heavy (non-hydrogen) atoms. The molecule has 2 aliphatic rings. The highest BCUT2D eigenvalue weighted by Gasteiger charge is 2.59. The van der Waals surface area contributed by atoms with Crippen LogP contribution in [-0.4, -0.2) is 45.6 Å². The molecule has 1 aromatic carbocycles. The van der Waals surface area contributed by atoms with Gasteiger partial charge in [-0.2, -0.15) is 0 Å². The van der Waals surface area contributed by atoms with E-state index in [4.69, 9.17) is 10.3 Å². The van der Waals surface area contributed by atoms with Gasteiger partial charge in [-0.05, 0) is 49.6 Å². The Balaban J connectivity index is 1.52. The Morgan fingerprint density at radius 1 is 1.36 bits per heavy atom. The fourth-order valence-corrected chi connectivity index (χ4v) is 4.67. The van der Waals surface area contributed by atoms with Crippen molar-refractivity contribution in [2.45, 2.75) is 38.2 Å². The SMILES string of the molecule is CC(C)(C)S(=O)N[C@@H](CN=[N+]=[N-])C1C2CN(C(=O)OCc3ccccc3)CC21. The average Bonchev–Trinajstić information content (AvgIpc) is 3.15. The number of carbonyl (C=O) groups excluding carboxylic acids is 1. The van der Waals surface area contributed by atoms with Gasteiger partial charge in [-0.3, -0.25) is 0 Å². The Kier molecular flexibility index (Phi) is 6.27. The molecule has 152 valence electrons. The van der Waals surface area contributed by atoms with Gasteiger partial charge in [0.2, 0.25) is 0 Å². The van der Waals surface area contributed by atoms with Crippen LogP contribution in [-0.2, 0) is 22.3 Å². The first-order chi connectivity index (χ1) is 13.3. The van der Waals surface area contributed by atoms with Crippen molar-refractivity contribution in [3.05, 3.63) is 46.3 Å². The summed E-state index contributed by atoms with van der Waals surface area (Å²) >= 11 is 0. The summed E-state index contributed by atoms with van der Waals surface area (Å²) in [6.45, 7) is 7.48. The predicted molar refractivity (Wildman–Crippen MR) is 108 cm³/mol.